The molecule has 2 N–H and O–H groups in total. The second-order valence-corrected chi connectivity index (χ2v) is 5.06. The van der Waals surface area contributed by atoms with Gasteiger partial charge >= 0.3 is 0 Å². The van der Waals surface area contributed by atoms with Crippen molar-refractivity contribution < 1.29 is 4.74 Å². The van der Waals surface area contributed by atoms with E-state index in [0.29, 0.717) is 19.2 Å². The Kier molecular flexibility index (Phi) is 6.13. The third-order valence-electron chi connectivity index (χ3n) is 3.32. The number of nitrogens with zero attached hydrogens (tertiary/aromatic N) is 1. The van der Waals surface area contributed by atoms with E-state index < -0.39 is 0 Å². The van der Waals surface area contributed by atoms with Crippen molar-refractivity contribution in [2.45, 2.75) is 39.3 Å². The van der Waals surface area contributed by atoms with E-state index >= 15 is 0 Å². The topological polar surface area (TPSA) is 45.7 Å². The molecule has 0 fully saturated rings. The first-order chi connectivity index (χ1) is 10.3. The van der Waals surface area contributed by atoms with E-state index in [1.165, 1.54) is 0 Å². The summed E-state index contributed by atoms with van der Waals surface area (Å²) in [6.45, 7) is 6.28. The number of benzene rings is 1. The van der Waals surface area contributed by atoms with Gasteiger partial charge in [0.05, 0.1) is 13.2 Å². The Bertz CT molecular complexity index is 489. The molecule has 0 saturated heterocycles. The SMILES string of the molecule is CCNC(=NCc1cccc(OCC)c1)NC1CC=CC1. The largest absolute Gasteiger partial charge is 0.494 e. The molecule has 0 aliphatic heterocycles. The van der Waals surface area contributed by atoms with Crippen molar-refractivity contribution in [2.24, 2.45) is 4.99 Å². The van der Waals surface area contributed by atoms with Crippen LogP contribution in [-0.4, -0.2) is 25.2 Å². The van der Waals surface area contributed by atoms with Crippen LogP contribution in [-0.2, 0) is 6.54 Å². The van der Waals surface area contributed by atoms with Crippen LogP contribution < -0.4 is 15.4 Å². The number of hydrogen-bond acceptors (Lipinski definition) is 2. The predicted molar refractivity (Wildman–Crippen MR) is 87.7 cm³/mol. The third-order valence-corrected chi connectivity index (χ3v) is 3.32. The summed E-state index contributed by atoms with van der Waals surface area (Å²) in [5.74, 6) is 1.79. The van der Waals surface area contributed by atoms with Gasteiger partial charge in [0, 0.05) is 12.6 Å². The predicted octanol–water partition coefficient (Wildman–Crippen LogP) is 2.86. The van der Waals surface area contributed by atoms with Gasteiger partial charge in [-0.05, 0) is 44.4 Å². The van der Waals surface area contributed by atoms with E-state index in [1.54, 1.807) is 0 Å². The summed E-state index contributed by atoms with van der Waals surface area (Å²) in [6, 6.07) is 8.58. The van der Waals surface area contributed by atoms with Gasteiger partial charge in [0.15, 0.2) is 5.96 Å². The molecule has 0 heterocycles. The smallest absolute Gasteiger partial charge is 0.191 e. The van der Waals surface area contributed by atoms with Crippen LogP contribution in [0.15, 0.2) is 41.4 Å². The zero-order valence-electron chi connectivity index (χ0n) is 12.9. The zero-order valence-corrected chi connectivity index (χ0v) is 12.9. The van der Waals surface area contributed by atoms with Gasteiger partial charge < -0.3 is 15.4 Å². The van der Waals surface area contributed by atoms with E-state index in [4.69, 9.17) is 4.74 Å². The van der Waals surface area contributed by atoms with Gasteiger partial charge in [-0.25, -0.2) is 4.99 Å². The molecule has 0 aromatic heterocycles. The molecule has 4 nitrogen and oxygen atoms in total. The minimum absolute atomic E-state index is 0.470. The Hall–Kier alpha value is -1.97. The highest BCUT2D eigenvalue weighted by Crippen LogP contribution is 2.14. The molecule has 0 amide bonds. The molecule has 0 atom stereocenters. The van der Waals surface area contributed by atoms with Gasteiger partial charge in [-0.2, -0.15) is 0 Å². The average Bonchev–Trinajstić information content (AvgIpc) is 2.99. The molecule has 4 heteroatoms. The lowest BCUT2D eigenvalue weighted by Crippen LogP contribution is -2.42. The molecule has 0 spiro atoms. The first-order valence-electron chi connectivity index (χ1n) is 7.73. The molecule has 0 saturated carbocycles. The lowest BCUT2D eigenvalue weighted by molar-refractivity contribution is 0.340. The Labute approximate surface area is 127 Å². The maximum Gasteiger partial charge on any atom is 0.191 e. The molecule has 1 aliphatic carbocycles. The van der Waals surface area contributed by atoms with E-state index in [-0.39, 0.29) is 0 Å². The molecule has 114 valence electrons. The molecule has 21 heavy (non-hydrogen) atoms. The van der Waals surface area contributed by atoms with Crippen LogP contribution in [0.2, 0.25) is 0 Å². The van der Waals surface area contributed by atoms with Crippen molar-refractivity contribution in [2.75, 3.05) is 13.2 Å². The Morgan fingerprint density at radius 3 is 2.81 bits per heavy atom. The summed E-state index contributed by atoms with van der Waals surface area (Å²) in [6.07, 6.45) is 6.58. The van der Waals surface area contributed by atoms with Crippen molar-refractivity contribution in [3.63, 3.8) is 0 Å². The van der Waals surface area contributed by atoms with E-state index in [1.807, 2.05) is 25.1 Å². The van der Waals surface area contributed by atoms with Crippen LogP contribution in [0.1, 0.15) is 32.3 Å². The van der Waals surface area contributed by atoms with Crippen LogP contribution >= 0.6 is 0 Å². The summed E-state index contributed by atoms with van der Waals surface area (Å²) in [5.41, 5.74) is 1.16. The normalized spacial score (nSPS) is 15.2. The quantitative estimate of drug-likeness (QED) is 0.480. The van der Waals surface area contributed by atoms with Crippen molar-refractivity contribution in [1.29, 1.82) is 0 Å². The number of rotatable bonds is 6. The number of nitrogens with one attached hydrogen (secondary N) is 2. The van der Waals surface area contributed by atoms with Crippen LogP contribution in [0.3, 0.4) is 0 Å². The van der Waals surface area contributed by atoms with Crippen LogP contribution in [0.4, 0.5) is 0 Å². The molecule has 0 bridgehead atoms. The van der Waals surface area contributed by atoms with Crippen LogP contribution in [0.5, 0.6) is 5.75 Å². The molecule has 1 aromatic rings. The lowest BCUT2D eigenvalue weighted by atomic mass is 10.2. The summed E-state index contributed by atoms with van der Waals surface area (Å²) in [4.78, 5) is 4.66. The standard InChI is InChI=1S/C17H25N3O/c1-3-18-17(20-15-9-5-6-10-15)19-13-14-8-7-11-16(12-14)21-4-2/h5-8,11-12,15H,3-4,9-10,13H2,1-2H3,(H2,18,19,20). The minimum Gasteiger partial charge on any atom is -0.494 e. The molecule has 1 aromatic carbocycles. The lowest BCUT2D eigenvalue weighted by Gasteiger charge is -2.16. The summed E-state index contributed by atoms with van der Waals surface area (Å²) in [7, 11) is 0. The number of ether oxygens (including phenoxy) is 1. The molecule has 0 radical (unpaired) electrons. The van der Waals surface area contributed by atoms with Crippen molar-refractivity contribution >= 4 is 5.96 Å². The van der Waals surface area contributed by atoms with E-state index in [2.05, 4.69) is 40.8 Å². The summed E-state index contributed by atoms with van der Waals surface area (Å²) >= 11 is 0. The van der Waals surface area contributed by atoms with Crippen molar-refractivity contribution in [3.8, 4) is 5.75 Å². The Balaban J connectivity index is 1.95. The fourth-order valence-electron chi connectivity index (χ4n) is 2.32. The highest BCUT2D eigenvalue weighted by atomic mass is 16.5. The molecule has 0 unspecified atom stereocenters. The van der Waals surface area contributed by atoms with Gasteiger partial charge in [-0.3, -0.25) is 0 Å². The summed E-state index contributed by atoms with van der Waals surface area (Å²) < 4.78 is 5.52. The first-order valence-corrected chi connectivity index (χ1v) is 7.73. The van der Waals surface area contributed by atoms with Crippen LogP contribution in [0, 0.1) is 0 Å². The second kappa shape index (κ2) is 8.35. The fourth-order valence-corrected chi connectivity index (χ4v) is 2.32. The first kappa shape index (κ1) is 15.4. The van der Waals surface area contributed by atoms with Crippen LogP contribution in [0.25, 0.3) is 0 Å². The van der Waals surface area contributed by atoms with Gasteiger partial charge in [-0.15, -0.1) is 0 Å². The summed E-state index contributed by atoms with van der Waals surface area (Å²) in [5, 5.41) is 6.77. The number of guanidine groups is 1. The van der Waals surface area contributed by atoms with Crippen molar-refractivity contribution in [1.82, 2.24) is 10.6 Å². The number of hydrogen-bond donors (Lipinski definition) is 2. The van der Waals surface area contributed by atoms with Gasteiger partial charge in [0.25, 0.3) is 0 Å². The monoisotopic (exact) mass is 287 g/mol. The zero-order chi connectivity index (χ0) is 14.9. The maximum atomic E-state index is 5.52. The Morgan fingerprint density at radius 1 is 1.29 bits per heavy atom. The molecular formula is C17H25N3O. The minimum atomic E-state index is 0.470. The Morgan fingerprint density at radius 2 is 2.10 bits per heavy atom. The maximum absolute atomic E-state index is 5.52. The number of aliphatic imine (C=N–C) groups is 1. The third kappa shape index (κ3) is 5.14. The van der Waals surface area contributed by atoms with Crippen molar-refractivity contribution in [3.05, 3.63) is 42.0 Å². The average molecular weight is 287 g/mol. The molecular weight excluding hydrogens is 262 g/mol. The van der Waals surface area contributed by atoms with Gasteiger partial charge in [-0.1, -0.05) is 24.3 Å². The highest BCUT2D eigenvalue weighted by Gasteiger charge is 2.11. The second-order valence-electron chi connectivity index (χ2n) is 5.06. The highest BCUT2D eigenvalue weighted by molar-refractivity contribution is 5.80. The molecule has 1 aliphatic rings. The van der Waals surface area contributed by atoms with E-state index in [9.17, 15) is 0 Å². The van der Waals surface area contributed by atoms with E-state index in [0.717, 1.165) is 36.7 Å². The van der Waals surface area contributed by atoms with Gasteiger partial charge in [0.2, 0.25) is 0 Å². The van der Waals surface area contributed by atoms with Gasteiger partial charge in [0.1, 0.15) is 5.75 Å². The molecule has 2 rings (SSSR count). The fraction of sp³-hybridized carbons (Fsp3) is 0.471.